The molecule has 0 fully saturated rings. The first-order valence-electron chi connectivity index (χ1n) is 6.57. The second-order valence-electron chi connectivity index (χ2n) is 4.65. The third-order valence-electron chi connectivity index (χ3n) is 3.37. The summed E-state index contributed by atoms with van der Waals surface area (Å²) in [6.07, 6.45) is 2.19. The van der Waals surface area contributed by atoms with Crippen molar-refractivity contribution in [2.45, 2.75) is 25.8 Å². The Hall–Kier alpha value is -1.81. The molecule has 2 heterocycles. The van der Waals surface area contributed by atoms with Crippen LogP contribution in [0.15, 0.2) is 41.8 Å². The molecule has 0 aliphatic carbocycles. The molecule has 0 saturated carbocycles. The predicted molar refractivity (Wildman–Crippen MR) is 81.5 cm³/mol. The maximum absolute atomic E-state index is 6.15. The Labute approximate surface area is 116 Å². The van der Waals surface area contributed by atoms with Gasteiger partial charge in [-0.15, -0.1) is 11.3 Å². The fraction of sp³-hybridized carbons (Fsp3) is 0.267. The number of benzene rings is 1. The molecule has 3 aromatic rings. The summed E-state index contributed by atoms with van der Waals surface area (Å²) in [6.45, 7) is 2.20. The zero-order valence-electron chi connectivity index (χ0n) is 10.9. The van der Waals surface area contributed by atoms with Crippen LogP contribution in [0.2, 0.25) is 0 Å². The molecule has 4 heteroatoms. The molecular weight excluding hydrogens is 254 g/mol. The van der Waals surface area contributed by atoms with Gasteiger partial charge in [0.2, 0.25) is 5.95 Å². The number of nitrogens with zero attached hydrogens (tertiary/aromatic N) is 2. The van der Waals surface area contributed by atoms with Crippen molar-refractivity contribution in [3.05, 3.63) is 46.7 Å². The molecule has 98 valence electrons. The number of imidazole rings is 1. The molecule has 3 nitrogen and oxygen atoms in total. The first-order chi connectivity index (χ1) is 9.31. The van der Waals surface area contributed by atoms with Crippen LogP contribution in [0.3, 0.4) is 0 Å². The van der Waals surface area contributed by atoms with E-state index in [0.29, 0.717) is 5.95 Å². The summed E-state index contributed by atoms with van der Waals surface area (Å²) >= 11 is 1.78. The monoisotopic (exact) mass is 271 g/mol. The average Bonchev–Trinajstić information content (AvgIpc) is 3.03. The topological polar surface area (TPSA) is 43.8 Å². The number of nitrogen functional groups attached to an aromatic ring is 1. The van der Waals surface area contributed by atoms with Gasteiger partial charge in [0.15, 0.2) is 0 Å². The standard InChI is InChI=1S/C15H17N3S/c1-2-6-13(14-9-5-10-19-14)18-12-8-4-3-7-11(12)17-15(18)16/h3-5,7-10,13H,2,6H2,1H3,(H2,16,17). The lowest BCUT2D eigenvalue weighted by Crippen LogP contribution is -2.12. The number of thiophene rings is 1. The van der Waals surface area contributed by atoms with Crippen LogP contribution < -0.4 is 5.73 Å². The molecule has 0 saturated heterocycles. The Morgan fingerprint density at radius 1 is 1.26 bits per heavy atom. The first-order valence-corrected chi connectivity index (χ1v) is 7.45. The van der Waals surface area contributed by atoms with Crippen LogP contribution in [-0.2, 0) is 0 Å². The predicted octanol–water partition coefficient (Wildman–Crippen LogP) is 4.07. The Kier molecular flexibility index (Phi) is 3.25. The quantitative estimate of drug-likeness (QED) is 0.777. The fourth-order valence-electron chi connectivity index (χ4n) is 2.54. The summed E-state index contributed by atoms with van der Waals surface area (Å²) in [7, 11) is 0. The second kappa shape index (κ2) is 5.05. The van der Waals surface area contributed by atoms with Crippen LogP contribution in [-0.4, -0.2) is 9.55 Å². The van der Waals surface area contributed by atoms with Crippen molar-refractivity contribution in [1.29, 1.82) is 0 Å². The highest BCUT2D eigenvalue weighted by Gasteiger charge is 2.19. The van der Waals surface area contributed by atoms with Crippen molar-refractivity contribution in [1.82, 2.24) is 9.55 Å². The van der Waals surface area contributed by atoms with Crippen molar-refractivity contribution in [2.24, 2.45) is 0 Å². The highest BCUT2D eigenvalue weighted by atomic mass is 32.1. The van der Waals surface area contributed by atoms with E-state index in [1.54, 1.807) is 11.3 Å². The molecule has 1 aromatic carbocycles. The normalized spacial score (nSPS) is 12.9. The van der Waals surface area contributed by atoms with E-state index in [1.165, 1.54) is 4.88 Å². The number of fused-ring (bicyclic) bond motifs is 1. The maximum Gasteiger partial charge on any atom is 0.201 e. The van der Waals surface area contributed by atoms with Gasteiger partial charge in [0.05, 0.1) is 17.1 Å². The smallest absolute Gasteiger partial charge is 0.201 e. The van der Waals surface area contributed by atoms with Gasteiger partial charge in [-0.25, -0.2) is 4.98 Å². The van der Waals surface area contributed by atoms with Crippen LogP contribution in [0.1, 0.15) is 30.7 Å². The van der Waals surface area contributed by atoms with E-state index in [1.807, 2.05) is 18.2 Å². The number of aromatic nitrogens is 2. The number of rotatable bonds is 4. The molecule has 0 spiro atoms. The first kappa shape index (κ1) is 12.2. The zero-order valence-corrected chi connectivity index (χ0v) is 11.7. The minimum Gasteiger partial charge on any atom is -0.369 e. The number of hydrogen-bond acceptors (Lipinski definition) is 3. The summed E-state index contributed by atoms with van der Waals surface area (Å²) < 4.78 is 2.17. The summed E-state index contributed by atoms with van der Waals surface area (Å²) in [5, 5.41) is 2.12. The molecular formula is C15H17N3S. The minimum atomic E-state index is 0.289. The lowest BCUT2D eigenvalue weighted by molar-refractivity contribution is 0.560. The van der Waals surface area contributed by atoms with E-state index >= 15 is 0 Å². The molecule has 0 aliphatic rings. The molecule has 1 atom stereocenters. The highest BCUT2D eigenvalue weighted by molar-refractivity contribution is 7.10. The van der Waals surface area contributed by atoms with E-state index < -0.39 is 0 Å². The van der Waals surface area contributed by atoms with E-state index in [9.17, 15) is 0 Å². The molecule has 2 aromatic heterocycles. The van der Waals surface area contributed by atoms with Gasteiger partial charge < -0.3 is 10.3 Å². The van der Waals surface area contributed by atoms with Crippen LogP contribution in [0.4, 0.5) is 5.95 Å². The highest BCUT2D eigenvalue weighted by Crippen LogP contribution is 2.32. The van der Waals surface area contributed by atoms with Crippen molar-refractivity contribution in [3.63, 3.8) is 0 Å². The van der Waals surface area contributed by atoms with Crippen molar-refractivity contribution in [2.75, 3.05) is 5.73 Å². The van der Waals surface area contributed by atoms with Gasteiger partial charge in [-0.2, -0.15) is 0 Å². The molecule has 2 N–H and O–H groups in total. The summed E-state index contributed by atoms with van der Waals surface area (Å²) in [4.78, 5) is 5.82. The average molecular weight is 271 g/mol. The third-order valence-corrected chi connectivity index (χ3v) is 4.34. The van der Waals surface area contributed by atoms with Crippen LogP contribution in [0.5, 0.6) is 0 Å². The van der Waals surface area contributed by atoms with E-state index in [-0.39, 0.29) is 6.04 Å². The number of hydrogen-bond donors (Lipinski definition) is 1. The molecule has 19 heavy (non-hydrogen) atoms. The van der Waals surface area contributed by atoms with Gasteiger partial charge in [0.1, 0.15) is 0 Å². The zero-order chi connectivity index (χ0) is 13.2. The van der Waals surface area contributed by atoms with Gasteiger partial charge in [0.25, 0.3) is 0 Å². The molecule has 0 bridgehead atoms. The fourth-order valence-corrected chi connectivity index (χ4v) is 3.40. The lowest BCUT2D eigenvalue weighted by Gasteiger charge is -2.19. The van der Waals surface area contributed by atoms with Crippen LogP contribution >= 0.6 is 11.3 Å². The molecule has 0 aliphatic heterocycles. The van der Waals surface area contributed by atoms with Crippen molar-refractivity contribution < 1.29 is 0 Å². The lowest BCUT2D eigenvalue weighted by atomic mass is 10.1. The number of anilines is 1. The minimum absolute atomic E-state index is 0.289. The molecule has 0 radical (unpaired) electrons. The Balaban J connectivity index is 2.17. The van der Waals surface area contributed by atoms with Gasteiger partial charge >= 0.3 is 0 Å². The van der Waals surface area contributed by atoms with E-state index in [4.69, 9.17) is 5.73 Å². The number of para-hydroxylation sites is 2. The van der Waals surface area contributed by atoms with Gasteiger partial charge in [0, 0.05) is 4.88 Å². The molecule has 3 rings (SSSR count). The third kappa shape index (κ3) is 2.12. The SMILES string of the molecule is CCCC(c1cccs1)n1c(N)nc2ccccc21. The van der Waals surface area contributed by atoms with Gasteiger partial charge in [-0.3, -0.25) is 0 Å². The van der Waals surface area contributed by atoms with E-state index in [0.717, 1.165) is 23.9 Å². The Morgan fingerprint density at radius 2 is 2.11 bits per heavy atom. The summed E-state index contributed by atoms with van der Waals surface area (Å²) in [6, 6.07) is 12.7. The summed E-state index contributed by atoms with van der Waals surface area (Å²) in [5.74, 6) is 0.605. The van der Waals surface area contributed by atoms with Crippen molar-refractivity contribution in [3.8, 4) is 0 Å². The van der Waals surface area contributed by atoms with Crippen LogP contribution in [0.25, 0.3) is 11.0 Å². The number of nitrogens with two attached hydrogens (primary N) is 1. The van der Waals surface area contributed by atoms with Crippen molar-refractivity contribution >= 4 is 28.3 Å². The summed E-state index contributed by atoms with van der Waals surface area (Å²) in [5.41, 5.74) is 8.23. The Morgan fingerprint density at radius 3 is 2.84 bits per heavy atom. The molecule has 0 amide bonds. The van der Waals surface area contributed by atoms with Crippen LogP contribution in [0, 0.1) is 0 Å². The molecule has 1 unspecified atom stereocenters. The van der Waals surface area contributed by atoms with Gasteiger partial charge in [-0.05, 0) is 30.0 Å². The maximum atomic E-state index is 6.15. The van der Waals surface area contributed by atoms with Gasteiger partial charge in [-0.1, -0.05) is 31.5 Å². The second-order valence-corrected chi connectivity index (χ2v) is 5.63. The van der Waals surface area contributed by atoms with E-state index in [2.05, 4.69) is 40.1 Å². The largest absolute Gasteiger partial charge is 0.369 e. The Bertz CT molecular complexity index is 670.